The molecule has 1 unspecified atom stereocenters. The van der Waals surface area contributed by atoms with Crippen molar-refractivity contribution in [2.45, 2.75) is 58.7 Å². The van der Waals surface area contributed by atoms with E-state index in [4.69, 9.17) is 16.6 Å². The topological polar surface area (TPSA) is 108 Å². The number of piperidine rings is 1. The van der Waals surface area contributed by atoms with Gasteiger partial charge in [0.25, 0.3) is 0 Å². The third-order valence-corrected chi connectivity index (χ3v) is 11.0. The Morgan fingerprint density at radius 3 is 2.49 bits per heavy atom. The Morgan fingerprint density at radius 1 is 0.979 bits per heavy atom. The van der Waals surface area contributed by atoms with Gasteiger partial charge in [-0.25, -0.2) is 0 Å². The molecular formula is C35H39ClN8O2S. The van der Waals surface area contributed by atoms with Crippen molar-refractivity contribution in [3.8, 4) is 5.00 Å². The normalized spacial score (nSPS) is 20.3. The second-order valence-electron chi connectivity index (χ2n) is 12.6. The van der Waals surface area contributed by atoms with Crippen molar-refractivity contribution >= 4 is 46.2 Å². The smallest absolute Gasteiger partial charge is 0.249 e. The van der Waals surface area contributed by atoms with Gasteiger partial charge >= 0.3 is 0 Å². The van der Waals surface area contributed by atoms with E-state index in [1.165, 1.54) is 10.4 Å². The number of aryl methyl sites for hydroxylation is 2. The zero-order valence-electron chi connectivity index (χ0n) is 26.9. The number of nitrogens with one attached hydrogen (secondary N) is 2. The lowest BCUT2D eigenvalue weighted by atomic mass is 9.99. The quantitative estimate of drug-likeness (QED) is 0.248. The Hall–Kier alpha value is -3.90. The number of hydrogen-bond acceptors (Lipinski definition) is 9. The van der Waals surface area contributed by atoms with Gasteiger partial charge in [0.15, 0.2) is 5.82 Å². The minimum absolute atomic E-state index is 0.135. The lowest BCUT2D eigenvalue weighted by molar-refractivity contribution is -0.133. The molecule has 2 fully saturated rings. The van der Waals surface area contributed by atoms with Crippen LogP contribution >= 0.6 is 22.9 Å². The number of amides is 2. The molecule has 12 heteroatoms. The zero-order valence-corrected chi connectivity index (χ0v) is 28.5. The Balaban J connectivity index is 1.04. The largest absolute Gasteiger partial charge is 0.373 e. The van der Waals surface area contributed by atoms with Crippen LogP contribution in [0.15, 0.2) is 53.5 Å². The number of aliphatic imine (C=N–C) groups is 1. The fourth-order valence-corrected chi connectivity index (χ4v) is 8.06. The molecule has 2 aromatic heterocycles. The molecular weight excluding hydrogens is 632 g/mol. The van der Waals surface area contributed by atoms with Gasteiger partial charge in [0, 0.05) is 72.4 Å². The van der Waals surface area contributed by atoms with E-state index in [1.807, 2.05) is 37.3 Å². The molecule has 10 nitrogen and oxygen atoms in total. The second kappa shape index (κ2) is 13.3. The van der Waals surface area contributed by atoms with Crippen LogP contribution in [0.5, 0.6) is 0 Å². The first kappa shape index (κ1) is 31.7. The Kier molecular flexibility index (Phi) is 8.97. The molecule has 244 valence electrons. The summed E-state index contributed by atoms with van der Waals surface area (Å²) >= 11 is 8.05. The van der Waals surface area contributed by atoms with Gasteiger partial charge in [0.1, 0.15) is 22.9 Å². The first-order chi connectivity index (χ1) is 22.7. The maximum Gasteiger partial charge on any atom is 0.249 e. The average molecular weight is 671 g/mol. The second-order valence-corrected chi connectivity index (χ2v) is 14.3. The summed E-state index contributed by atoms with van der Waals surface area (Å²) in [7, 11) is 0. The predicted octanol–water partition coefficient (Wildman–Crippen LogP) is 5.22. The van der Waals surface area contributed by atoms with Crippen molar-refractivity contribution < 1.29 is 9.59 Å². The van der Waals surface area contributed by atoms with Crippen LogP contribution in [0, 0.1) is 20.8 Å². The first-order valence-corrected chi connectivity index (χ1v) is 17.4. The molecule has 4 aromatic rings. The number of carbonyl (C=O) groups is 2. The highest BCUT2D eigenvalue weighted by Gasteiger charge is 2.32. The van der Waals surface area contributed by atoms with E-state index < -0.39 is 6.04 Å². The van der Waals surface area contributed by atoms with Crippen molar-refractivity contribution in [3.05, 3.63) is 92.3 Å². The average Bonchev–Trinajstić information content (AvgIpc) is 3.54. The minimum Gasteiger partial charge on any atom is -0.373 e. The highest BCUT2D eigenvalue weighted by atomic mass is 35.5. The molecule has 2 amide bonds. The number of carbonyl (C=O) groups excluding carboxylic acids is 2. The number of hydrogen-bond donors (Lipinski definition) is 2. The van der Waals surface area contributed by atoms with Crippen LogP contribution in [0.2, 0.25) is 5.02 Å². The van der Waals surface area contributed by atoms with Gasteiger partial charge in [0.05, 0.1) is 5.71 Å². The summed E-state index contributed by atoms with van der Waals surface area (Å²) in [5.74, 6) is 1.32. The van der Waals surface area contributed by atoms with E-state index in [2.05, 4.69) is 67.2 Å². The van der Waals surface area contributed by atoms with Crippen molar-refractivity contribution in [1.29, 1.82) is 0 Å². The van der Waals surface area contributed by atoms with Gasteiger partial charge in [-0.15, -0.1) is 21.5 Å². The Bertz CT molecular complexity index is 1840. The van der Waals surface area contributed by atoms with Gasteiger partial charge in [-0.05, 0) is 62.9 Å². The zero-order chi connectivity index (χ0) is 32.7. The lowest BCUT2D eigenvalue weighted by Crippen LogP contribution is -2.48. The van der Waals surface area contributed by atoms with Gasteiger partial charge < -0.3 is 10.2 Å². The number of thiophene rings is 1. The van der Waals surface area contributed by atoms with Crippen molar-refractivity contribution in [3.63, 3.8) is 0 Å². The number of fused-ring (bicyclic) bond motifs is 3. The maximum absolute atomic E-state index is 12.4. The molecule has 0 bridgehead atoms. The number of imide groups is 1. The summed E-state index contributed by atoms with van der Waals surface area (Å²) in [6, 6.07) is 15.6. The first-order valence-electron chi connectivity index (χ1n) is 16.2. The van der Waals surface area contributed by atoms with Crippen LogP contribution in [-0.4, -0.2) is 80.9 Å². The number of piperazine rings is 1. The SMILES string of the molecule is Cc1sc2c(c1C)C(c1ccc(Cl)cc1)=N[C@@H](CCN1CCN(Cc3ccccc3NC3CCC(=O)NC3=O)CC1)c1nnc(C)n1-2. The van der Waals surface area contributed by atoms with Crippen molar-refractivity contribution in [2.24, 2.45) is 4.99 Å². The molecule has 0 aliphatic carbocycles. The number of nitrogens with zero attached hydrogens (tertiary/aromatic N) is 6. The van der Waals surface area contributed by atoms with Crippen LogP contribution in [0.25, 0.3) is 5.00 Å². The molecule has 0 spiro atoms. The molecule has 2 atom stereocenters. The molecule has 2 saturated heterocycles. The van der Waals surface area contributed by atoms with E-state index >= 15 is 0 Å². The van der Waals surface area contributed by atoms with Gasteiger partial charge in [-0.1, -0.05) is 41.9 Å². The van der Waals surface area contributed by atoms with Gasteiger partial charge in [0.2, 0.25) is 11.8 Å². The summed E-state index contributed by atoms with van der Waals surface area (Å²) in [4.78, 5) is 35.6. The number of rotatable bonds is 8. The fourth-order valence-electron chi connectivity index (χ4n) is 6.72. The molecule has 2 aromatic carbocycles. The number of anilines is 1. The Morgan fingerprint density at radius 2 is 1.72 bits per heavy atom. The number of halogens is 1. The third-order valence-electron chi connectivity index (χ3n) is 9.52. The molecule has 47 heavy (non-hydrogen) atoms. The van der Waals surface area contributed by atoms with Crippen LogP contribution < -0.4 is 10.6 Å². The summed E-state index contributed by atoms with van der Waals surface area (Å²) in [6.07, 6.45) is 1.70. The minimum atomic E-state index is -0.397. The molecule has 0 saturated carbocycles. The highest BCUT2D eigenvalue weighted by Crippen LogP contribution is 2.39. The highest BCUT2D eigenvalue weighted by molar-refractivity contribution is 7.15. The standard InChI is InChI=1S/C35H39ClN8O2S/c1-21-22(2)47-35-31(21)32(24-8-10-26(36)11-9-24)38-28(33-41-40-23(3)44(33)35)14-15-42-16-18-43(19-17-42)20-25-6-4-5-7-27(25)37-29-12-13-30(45)39-34(29)46/h4-11,28-29,37H,12-20H2,1-3H3,(H,39,45,46)/t28-,29?/m0/s1. The molecule has 2 N–H and O–H groups in total. The lowest BCUT2D eigenvalue weighted by Gasteiger charge is -2.35. The van der Waals surface area contributed by atoms with Crippen LogP contribution in [0.4, 0.5) is 5.69 Å². The summed E-state index contributed by atoms with van der Waals surface area (Å²) in [5.41, 5.74) is 6.54. The van der Waals surface area contributed by atoms with Gasteiger partial charge in [-0.3, -0.25) is 29.4 Å². The summed E-state index contributed by atoms with van der Waals surface area (Å²) in [5, 5.41) is 16.9. The third kappa shape index (κ3) is 6.49. The van der Waals surface area contributed by atoms with E-state index in [0.29, 0.717) is 17.9 Å². The van der Waals surface area contributed by atoms with Crippen LogP contribution in [0.3, 0.4) is 0 Å². The maximum atomic E-state index is 12.4. The molecule has 3 aliphatic rings. The molecule has 7 rings (SSSR count). The van der Waals surface area contributed by atoms with E-state index in [9.17, 15) is 9.59 Å². The summed E-state index contributed by atoms with van der Waals surface area (Å²) in [6.45, 7) is 11.9. The fraction of sp³-hybridized carbons (Fsp3) is 0.400. The van der Waals surface area contributed by atoms with Crippen LogP contribution in [0.1, 0.15) is 64.1 Å². The Labute approximate surface area is 283 Å². The number of aromatic nitrogens is 3. The molecule has 5 heterocycles. The van der Waals surface area contributed by atoms with Gasteiger partial charge in [-0.2, -0.15) is 0 Å². The van der Waals surface area contributed by atoms with E-state index in [-0.39, 0.29) is 17.9 Å². The number of benzene rings is 2. The molecule has 3 aliphatic heterocycles. The summed E-state index contributed by atoms with van der Waals surface area (Å²) < 4.78 is 2.22. The van der Waals surface area contributed by atoms with E-state index in [0.717, 1.165) is 90.4 Å². The monoisotopic (exact) mass is 670 g/mol. The predicted molar refractivity (Wildman–Crippen MR) is 186 cm³/mol. The number of para-hydroxylation sites is 1. The van der Waals surface area contributed by atoms with Crippen LogP contribution in [-0.2, 0) is 16.1 Å². The van der Waals surface area contributed by atoms with Crippen molar-refractivity contribution in [2.75, 3.05) is 38.0 Å². The van der Waals surface area contributed by atoms with Crippen molar-refractivity contribution in [1.82, 2.24) is 29.9 Å². The van der Waals surface area contributed by atoms with E-state index in [1.54, 1.807) is 11.3 Å². The molecule has 0 radical (unpaired) electrons.